The Morgan fingerprint density at radius 1 is 1.35 bits per heavy atom. The fourth-order valence-electron chi connectivity index (χ4n) is 2.96. The average molecular weight is 314 g/mol. The standard InChI is InChI=1S/C18H22N2O3/c1-12-5-3-8-16(13(12)2)20-17(21)11-23-18(22)15-7-4-6-14(9-15)10-19/h4,6-7,9,12-13,16H,3,5,8,11H2,1-2H3,(H,20,21)/t12-,13-,16-/m1/s1. The van der Waals surface area contributed by atoms with Crippen molar-refractivity contribution in [3.8, 4) is 6.07 Å². The van der Waals surface area contributed by atoms with Crippen molar-refractivity contribution in [2.45, 2.75) is 39.2 Å². The van der Waals surface area contributed by atoms with E-state index in [1.165, 1.54) is 12.5 Å². The first-order chi connectivity index (χ1) is 11.0. The molecule has 1 aliphatic carbocycles. The number of rotatable bonds is 4. The van der Waals surface area contributed by atoms with E-state index < -0.39 is 5.97 Å². The second-order valence-corrected chi connectivity index (χ2v) is 6.21. The third-order valence-electron chi connectivity index (χ3n) is 4.61. The second kappa shape index (κ2) is 7.77. The molecule has 1 amide bonds. The largest absolute Gasteiger partial charge is 0.452 e. The zero-order chi connectivity index (χ0) is 16.8. The zero-order valence-corrected chi connectivity index (χ0v) is 13.5. The van der Waals surface area contributed by atoms with Crippen LogP contribution < -0.4 is 5.32 Å². The molecule has 1 N–H and O–H groups in total. The van der Waals surface area contributed by atoms with E-state index in [9.17, 15) is 9.59 Å². The van der Waals surface area contributed by atoms with Gasteiger partial charge in [0.25, 0.3) is 5.91 Å². The summed E-state index contributed by atoms with van der Waals surface area (Å²) in [5, 5.41) is 11.8. The van der Waals surface area contributed by atoms with Gasteiger partial charge in [0.15, 0.2) is 6.61 Å². The summed E-state index contributed by atoms with van der Waals surface area (Å²) in [6.45, 7) is 4.05. The number of hydrogen-bond acceptors (Lipinski definition) is 4. The number of nitrogens with zero attached hydrogens (tertiary/aromatic N) is 1. The highest BCUT2D eigenvalue weighted by atomic mass is 16.5. The van der Waals surface area contributed by atoms with Gasteiger partial charge in [0.1, 0.15) is 0 Å². The number of ether oxygens (including phenoxy) is 1. The van der Waals surface area contributed by atoms with Crippen LogP contribution in [0.1, 0.15) is 49.0 Å². The summed E-state index contributed by atoms with van der Waals surface area (Å²) in [6, 6.07) is 8.34. The molecule has 23 heavy (non-hydrogen) atoms. The zero-order valence-electron chi connectivity index (χ0n) is 13.5. The van der Waals surface area contributed by atoms with Gasteiger partial charge in [-0.2, -0.15) is 5.26 Å². The summed E-state index contributed by atoms with van der Waals surface area (Å²) in [4.78, 5) is 23.9. The molecule has 1 aromatic carbocycles. The van der Waals surface area contributed by atoms with Crippen molar-refractivity contribution in [1.29, 1.82) is 5.26 Å². The highest BCUT2D eigenvalue weighted by Crippen LogP contribution is 2.29. The highest BCUT2D eigenvalue weighted by molar-refractivity contribution is 5.91. The third kappa shape index (κ3) is 4.56. The number of hydrogen-bond donors (Lipinski definition) is 1. The Morgan fingerprint density at radius 3 is 2.87 bits per heavy atom. The Hall–Kier alpha value is -2.35. The summed E-state index contributed by atoms with van der Waals surface area (Å²) in [7, 11) is 0. The molecule has 0 aromatic heterocycles. The van der Waals surface area contributed by atoms with Crippen LogP contribution in [0.2, 0.25) is 0 Å². The molecule has 1 saturated carbocycles. The van der Waals surface area contributed by atoms with Crippen molar-refractivity contribution in [3.05, 3.63) is 35.4 Å². The van der Waals surface area contributed by atoms with Gasteiger partial charge in [-0.15, -0.1) is 0 Å². The van der Waals surface area contributed by atoms with Crippen LogP contribution in [0.25, 0.3) is 0 Å². The van der Waals surface area contributed by atoms with Gasteiger partial charge >= 0.3 is 5.97 Å². The van der Waals surface area contributed by atoms with Crippen molar-refractivity contribution >= 4 is 11.9 Å². The molecule has 2 rings (SSSR count). The number of benzene rings is 1. The van der Waals surface area contributed by atoms with Crippen LogP contribution in [0.3, 0.4) is 0 Å². The summed E-state index contributed by atoms with van der Waals surface area (Å²) in [6.07, 6.45) is 3.27. The molecule has 1 aromatic rings. The van der Waals surface area contributed by atoms with Gasteiger partial charge in [-0.1, -0.05) is 32.8 Å². The summed E-state index contributed by atoms with van der Waals surface area (Å²) in [5.41, 5.74) is 0.658. The lowest BCUT2D eigenvalue weighted by Crippen LogP contribution is -2.45. The maximum Gasteiger partial charge on any atom is 0.338 e. The van der Waals surface area contributed by atoms with E-state index in [1.807, 2.05) is 6.07 Å². The van der Waals surface area contributed by atoms with Crippen LogP contribution in [0.15, 0.2) is 24.3 Å². The number of carbonyl (C=O) groups excluding carboxylic acids is 2. The molecule has 0 heterocycles. The van der Waals surface area contributed by atoms with Gasteiger partial charge in [-0.25, -0.2) is 4.79 Å². The molecule has 3 atom stereocenters. The molecule has 122 valence electrons. The molecule has 0 saturated heterocycles. The molecule has 0 bridgehead atoms. The van der Waals surface area contributed by atoms with Crippen molar-refractivity contribution in [2.75, 3.05) is 6.61 Å². The van der Waals surface area contributed by atoms with Gasteiger partial charge in [0.05, 0.1) is 17.2 Å². The molecule has 5 heteroatoms. The first-order valence-electron chi connectivity index (χ1n) is 7.98. The molecular weight excluding hydrogens is 292 g/mol. The Bertz CT molecular complexity index is 621. The Morgan fingerprint density at radius 2 is 2.13 bits per heavy atom. The van der Waals surface area contributed by atoms with Crippen molar-refractivity contribution in [1.82, 2.24) is 5.32 Å². The smallest absolute Gasteiger partial charge is 0.338 e. The number of esters is 1. The fraction of sp³-hybridized carbons (Fsp3) is 0.500. The lowest BCUT2D eigenvalue weighted by atomic mass is 9.78. The van der Waals surface area contributed by atoms with Gasteiger partial charge in [0, 0.05) is 6.04 Å². The lowest BCUT2D eigenvalue weighted by Gasteiger charge is -2.34. The van der Waals surface area contributed by atoms with Crippen LogP contribution in [0.5, 0.6) is 0 Å². The molecule has 5 nitrogen and oxygen atoms in total. The Kier molecular flexibility index (Phi) is 5.75. The second-order valence-electron chi connectivity index (χ2n) is 6.21. The summed E-state index contributed by atoms with van der Waals surface area (Å²) >= 11 is 0. The number of nitrogens with one attached hydrogen (secondary N) is 1. The Balaban J connectivity index is 1.84. The van der Waals surface area contributed by atoms with Crippen molar-refractivity contribution < 1.29 is 14.3 Å². The van der Waals surface area contributed by atoms with Gasteiger partial charge in [0.2, 0.25) is 0 Å². The van der Waals surface area contributed by atoms with Crippen LogP contribution in [-0.2, 0) is 9.53 Å². The minimum Gasteiger partial charge on any atom is -0.452 e. The van der Waals surface area contributed by atoms with Crippen molar-refractivity contribution in [2.24, 2.45) is 11.8 Å². The highest BCUT2D eigenvalue weighted by Gasteiger charge is 2.28. The molecular formula is C18H22N2O3. The minimum atomic E-state index is -0.595. The molecule has 1 aliphatic rings. The maximum absolute atomic E-state index is 12.0. The van der Waals surface area contributed by atoms with Gasteiger partial charge in [-0.3, -0.25) is 4.79 Å². The van der Waals surface area contributed by atoms with E-state index in [0.717, 1.165) is 12.8 Å². The molecule has 0 aliphatic heterocycles. The predicted octanol–water partition coefficient (Wildman–Crippen LogP) is 2.66. The van der Waals surface area contributed by atoms with E-state index in [4.69, 9.17) is 10.00 Å². The van der Waals surface area contributed by atoms with Crippen molar-refractivity contribution in [3.63, 3.8) is 0 Å². The van der Waals surface area contributed by atoms with Crippen LogP contribution in [0.4, 0.5) is 0 Å². The molecule has 1 fully saturated rings. The maximum atomic E-state index is 12.0. The summed E-state index contributed by atoms with van der Waals surface area (Å²) in [5.74, 6) is 0.143. The number of amides is 1. The monoisotopic (exact) mass is 314 g/mol. The quantitative estimate of drug-likeness (QED) is 0.867. The Labute approximate surface area is 136 Å². The van der Waals surface area contributed by atoms with E-state index in [0.29, 0.717) is 17.4 Å². The average Bonchev–Trinajstić information content (AvgIpc) is 2.57. The minimum absolute atomic E-state index is 0.145. The van der Waals surface area contributed by atoms with Crippen LogP contribution >= 0.6 is 0 Å². The van der Waals surface area contributed by atoms with E-state index in [-0.39, 0.29) is 24.1 Å². The lowest BCUT2D eigenvalue weighted by molar-refractivity contribution is -0.125. The van der Waals surface area contributed by atoms with Crippen LogP contribution in [0, 0.1) is 23.2 Å². The van der Waals surface area contributed by atoms with E-state index >= 15 is 0 Å². The first-order valence-corrected chi connectivity index (χ1v) is 7.98. The predicted molar refractivity (Wildman–Crippen MR) is 85.5 cm³/mol. The summed E-state index contributed by atoms with van der Waals surface area (Å²) < 4.78 is 5.03. The number of carbonyl (C=O) groups is 2. The number of nitriles is 1. The fourth-order valence-corrected chi connectivity index (χ4v) is 2.96. The van der Waals surface area contributed by atoms with Gasteiger partial charge in [-0.05, 0) is 36.5 Å². The molecule has 0 spiro atoms. The molecule has 0 unspecified atom stereocenters. The first kappa shape index (κ1) is 17.0. The molecule has 0 radical (unpaired) electrons. The van der Waals surface area contributed by atoms with E-state index in [2.05, 4.69) is 19.2 Å². The van der Waals surface area contributed by atoms with Crippen LogP contribution in [-0.4, -0.2) is 24.5 Å². The topological polar surface area (TPSA) is 79.2 Å². The third-order valence-corrected chi connectivity index (χ3v) is 4.61. The normalized spacial score (nSPS) is 23.6. The van der Waals surface area contributed by atoms with Gasteiger partial charge < -0.3 is 10.1 Å². The van der Waals surface area contributed by atoms with E-state index in [1.54, 1.807) is 18.2 Å². The SMILES string of the molecule is C[C@@H]1[C@H](C)CCC[C@H]1NC(=O)COC(=O)c1cccc(C#N)c1.